The maximum Gasteiger partial charge on any atom is 0.238 e. The monoisotopic (exact) mass is 266 g/mol. The molecule has 0 aromatic rings. The Morgan fingerprint density at radius 3 is 2.35 bits per heavy atom. The molecular formula is C10H22N2O4S. The van der Waals surface area contributed by atoms with Gasteiger partial charge in [-0.15, -0.1) is 0 Å². The maximum atomic E-state index is 11.6. The van der Waals surface area contributed by atoms with Crippen molar-refractivity contribution in [2.24, 2.45) is 0 Å². The lowest BCUT2D eigenvalue weighted by Crippen LogP contribution is -2.49. The van der Waals surface area contributed by atoms with E-state index >= 15 is 0 Å². The fraction of sp³-hybridized carbons (Fsp3) is 0.900. The highest BCUT2D eigenvalue weighted by Crippen LogP contribution is 1.95. The third kappa shape index (κ3) is 6.60. The van der Waals surface area contributed by atoms with Crippen LogP contribution in [0.3, 0.4) is 0 Å². The van der Waals surface area contributed by atoms with E-state index in [4.69, 9.17) is 5.11 Å². The number of hydrogen-bond acceptors (Lipinski definition) is 4. The van der Waals surface area contributed by atoms with Crippen molar-refractivity contribution in [2.45, 2.75) is 45.7 Å². The van der Waals surface area contributed by atoms with E-state index in [0.29, 0.717) is 12.8 Å². The van der Waals surface area contributed by atoms with Crippen LogP contribution in [0.15, 0.2) is 0 Å². The summed E-state index contributed by atoms with van der Waals surface area (Å²) in [5.74, 6) is -0.424. The molecule has 17 heavy (non-hydrogen) atoms. The fourth-order valence-corrected chi connectivity index (χ4v) is 2.55. The van der Waals surface area contributed by atoms with Gasteiger partial charge in [-0.1, -0.05) is 13.8 Å². The number of aliphatic hydroxyl groups excluding tert-OH is 1. The molecule has 0 aliphatic heterocycles. The molecule has 0 saturated heterocycles. The summed E-state index contributed by atoms with van der Waals surface area (Å²) in [6.07, 6.45) is 1.09. The van der Waals surface area contributed by atoms with E-state index in [2.05, 4.69) is 10.0 Å². The molecule has 0 aromatic carbocycles. The first-order valence-electron chi connectivity index (χ1n) is 5.77. The minimum atomic E-state index is -3.40. The number of carbonyl (C=O) groups is 1. The molecule has 0 aliphatic rings. The Morgan fingerprint density at radius 2 is 1.94 bits per heavy atom. The molecule has 0 spiro atoms. The van der Waals surface area contributed by atoms with Crippen molar-refractivity contribution >= 4 is 15.9 Å². The highest BCUT2D eigenvalue weighted by molar-refractivity contribution is 7.89. The summed E-state index contributed by atoms with van der Waals surface area (Å²) in [4.78, 5) is 11.6. The minimum absolute atomic E-state index is 0.00181. The van der Waals surface area contributed by atoms with Gasteiger partial charge >= 0.3 is 0 Å². The smallest absolute Gasteiger partial charge is 0.238 e. The molecule has 0 heterocycles. The van der Waals surface area contributed by atoms with E-state index in [1.165, 1.54) is 6.92 Å². The molecule has 1 unspecified atom stereocenters. The Kier molecular flexibility index (Phi) is 7.33. The summed E-state index contributed by atoms with van der Waals surface area (Å²) in [6, 6.07) is -1.16. The fourth-order valence-electron chi connectivity index (χ4n) is 1.25. The van der Waals surface area contributed by atoms with Gasteiger partial charge in [0.15, 0.2) is 0 Å². The largest absolute Gasteiger partial charge is 0.394 e. The van der Waals surface area contributed by atoms with Gasteiger partial charge in [-0.2, -0.15) is 0 Å². The van der Waals surface area contributed by atoms with Crippen LogP contribution in [0.1, 0.15) is 33.6 Å². The summed E-state index contributed by atoms with van der Waals surface area (Å²) in [5, 5.41) is 11.5. The number of carbonyl (C=O) groups excluding carboxylic acids is 1. The van der Waals surface area contributed by atoms with Gasteiger partial charge in [-0.25, -0.2) is 13.1 Å². The predicted molar refractivity (Wildman–Crippen MR) is 66.0 cm³/mol. The molecule has 3 N–H and O–H groups in total. The van der Waals surface area contributed by atoms with E-state index in [0.717, 1.165) is 0 Å². The van der Waals surface area contributed by atoms with Crippen molar-refractivity contribution in [1.82, 2.24) is 10.0 Å². The molecule has 0 aliphatic carbocycles. The zero-order chi connectivity index (χ0) is 13.5. The molecule has 0 radical (unpaired) electrons. The zero-order valence-electron chi connectivity index (χ0n) is 10.6. The second kappa shape index (κ2) is 7.62. The van der Waals surface area contributed by atoms with Crippen LogP contribution in [0, 0.1) is 0 Å². The standard InChI is InChI=1S/C10H22N2O4S/c1-4-6-17(15,16)12-8(3)10(14)11-9(5-2)7-13/h8-9,12-13H,4-7H2,1-3H3,(H,11,14)/t8?,9-/m1/s1. The zero-order valence-corrected chi connectivity index (χ0v) is 11.4. The quantitative estimate of drug-likeness (QED) is 0.556. The molecule has 0 fully saturated rings. The van der Waals surface area contributed by atoms with Crippen molar-refractivity contribution in [3.05, 3.63) is 0 Å². The van der Waals surface area contributed by atoms with Gasteiger partial charge in [-0.05, 0) is 19.8 Å². The van der Waals surface area contributed by atoms with Crippen molar-refractivity contribution in [3.8, 4) is 0 Å². The minimum Gasteiger partial charge on any atom is -0.394 e. The normalized spacial score (nSPS) is 15.3. The SMILES string of the molecule is CCCS(=O)(=O)NC(C)C(=O)N[C@H](CC)CO. The second-order valence-corrected chi connectivity index (χ2v) is 5.83. The van der Waals surface area contributed by atoms with Crippen LogP contribution in [-0.4, -0.2) is 43.9 Å². The lowest BCUT2D eigenvalue weighted by atomic mass is 10.2. The van der Waals surface area contributed by atoms with Gasteiger partial charge < -0.3 is 10.4 Å². The van der Waals surface area contributed by atoms with Gasteiger partial charge in [0.25, 0.3) is 0 Å². The maximum absolute atomic E-state index is 11.6. The number of amides is 1. The van der Waals surface area contributed by atoms with Crippen LogP contribution in [0.5, 0.6) is 0 Å². The first kappa shape index (κ1) is 16.3. The van der Waals surface area contributed by atoms with Crippen LogP contribution < -0.4 is 10.0 Å². The molecule has 7 heteroatoms. The van der Waals surface area contributed by atoms with E-state index in [9.17, 15) is 13.2 Å². The molecular weight excluding hydrogens is 244 g/mol. The van der Waals surface area contributed by atoms with Crippen molar-refractivity contribution in [3.63, 3.8) is 0 Å². The van der Waals surface area contributed by atoms with E-state index in [-0.39, 0.29) is 18.4 Å². The summed E-state index contributed by atoms with van der Waals surface area (Å²) in [5.41, 5.74) is 0. The Labute approximate surface area is 103 Å². The van der Waals surface area contributed by atoms with Crippen molar-refractivity contribution in [1.29, 1.82) is 0 Å². The van der Waals surface area contributed by atoms with Crippen LogP contribution in [0.4, 0.5) is 0 Å². The van der Waals surface area contributed by atoms with E-state index in [1.54, 1.807) is 6.92 Å². The predicted octanol–water partition coefficient (Wildman–Crippen LogP) is -0.409. The number of aliphatic hydroxyl groups is 1. The Bertz CT molecular complexity index is 325. The molecule has 6 nitrogen and oxygen atoms in total. The molecule has 0 saturated carbocycles. The lowest BCUT2D eigenvalue weighted by molar-refractivity contribution is -0.123. The first-order valence-corrected chi connectivity index (χ1v) is 7.42. The topological polar surface area (TPSA) is 95.5 Å². The Morgan fingerprint density at radius 1 is 1.35 bits per heavy atom. The second-order valence-electron chi connectivity index (χ2n) is 3.95. The van der Waals surface area contributed by atoms with Gasteiger partial charge in [-0.3, -0.25) is 4.79 Å². The third-order valence-corrected chi connectivity index (χ3v) is 3.94. The molecule has 0 rings (SSSR count). The van der Waals surface area contributed by atoms with E-state index in [1.807, 2.05) is 6.92 Å². The number of sulfonamides is 1. The highest BCUT2D eigenvalue weighted by Gasteiger charge is 2.21. The lowest BCUT2D eigenvalue weighted by Gasteiger charge is -2.18. The average Bonchev–Trinajstić information content (AvgIpc) is 2.24. The number of hydrogen-bond donors (Lipinski definition) is 3. The Hall–Kier alpha value is -0.660. The molecule has 102 valence electrons. The number of rotatable bonds is 8. The Balaban J connectivity index is 4.32. The number of nitrogens with one attached hydrogen (secondary N) is 2. The van der Waals surface area contributed by atoms with Crippen molar-refractivity contribution < 1.29 is 18.3 Å². The summed E-state index contributed by atoms with van der Waals surface area (Å²) < 4.78 is 25.1. The summed E-state index contributed by atoms with van der Waals surface area (Å²) >= 11 is 0. The van der Waals surface area contributed by atoms with Gasteiger partial charge in [0.1, 0.15) is 0 Å². The van der Waals surface area contributed by atoms with Gasteiger partial charge in [0.2, 0.25) is 15.9 Å². The summed E-state index contributed by atoms with van der Waals surface area (Å²) in [7, 11) is -3.40. The van der Waals surface area contributed by atoms with Crippen LogP contribution in [-0.2, 0) is 14.8 Å². The van der Waals surface area contributed by atoms with Gasteiger partial charge in [0, 0.05) is 0 Å². The van der Waals surface area contributed by atoms with E-state index < -0.39 is 22.0 Å². The van der Waals surface area contributed by atoms with Crippen molar-refractivity contribution in [2.75, 3.05) is 12.4 Å². The molecule has 0 aromatic heterocycles. The molecule has 0 bridgehead atoms. The molecule has 1 amide bonds. The van der Waals surface area contributed by atoms with Gasteiger partial charge in [0.05, 0.1) is 24.4 Å². The van der Waals surface area contributed by atoms with Crippen LogP contribution >= 0.6 is 0 Å². The highest BCUT2D eigenvalue weighted by atomic mass is 32.2. The average molecular weight is 266 g/mol. The first-order chi connectivity index (χ1) is 7.86. The van der Waals surface area contributed by atoms with Crippen LogP contribution in [0.25, 0.3) is 0 Å². The molecule has 2 atom stereocenters. The third-order valence-electron chi connectivity index (χ3n) is 2.28. The van der Waals surface area contributed by atoms with Crippen LogP contribution in [0.2, 0.25) is 0 Å². The summed E-state index contributed by atoms with van der Waals surface area (Å²) in [6.45, 7) is 4.90.